The summed E-state index contributed by atoms with van der Waals surface area (Å²) < 4.78 is 0. The maximum absolute atomic E-state index is 2.85. The molecule has 57 heavy (non-hydrogen) atoms. The van der Waals surface area contributed by atoms with Gasteiger partial charge in [-0.2, -0.15) is 0 Å². The van der Waals surface area contributed by atoms with Crippen LogP contribution in [0.5, 0.6) is 0 Å². The maximum atomic E-state index is 2.85. The van der Waals surface area contributed by atoms with E-state index in [2.05, 4.69) is 185 Å². The molecule has 0 unspecified atom stereocenters. The molecule has 2 aliphatic heterocycles. The predicted octanol–water partition coefficient (Wildman–Crippen LogP) is 12.0. The third-order valence-electron chi connectivity index (χ3n) is 15.3. The lowest BCUT2D eigenvalue weighted by Gasteiger charge is -2.50. The number of benzene rings is 5. The van der Waals surface area contributed by atoms with Gasteiger partial charge in [-0.05, 0) is 123 Å². The van der Waals surface area contributed by atoms with Crippen LogP contribution in [0.4, 0.5) is 22.7 Å². The highest BCUT2D eigenvalue weighted by molar-refractivity contribution is 7.00. The van der Waals surface area contributed by atoms with E-state index in [1.54, 1.807) is 0 Å². The largest absolute Gasteiger partial charge is 0.343 e. The zero-order valence-electron chi connectivity index (χ0n) is 37.2. The van der Waals surface area contributed by atoms with E-state index < -0.39 is 0 Å². The standard InChI is InChI=1S/C54H65BN2/c1-14-35(22-20-21-33(3)4)57-47-32-43-41(52(8,9)37-24-17-19-26-39(37)54(43,12)13)30-45(47)55-44-29-40-42(53(10,11)38-25-18-16-23-36(38)51(40,6)7)31-46(44)56(15-2)48-27-34(5)28-49(57)50(48)55/h16-19,23-33,35H,14-15,20-22H2,1-13H3/t35-/m1/s1. The first kappa shape index (κ1) is 38.3. The molecule has 4 aliphatic rings. The van der Waals surface area contributed by atoms with E-state index >= 15 is 0 Å². The quantitative estimate of drug-likeness (QED) is 0.153. The summed E-state index contributed by atoms with van der Waals surface area (Å²) >= 11 is 0. The topological polar surface area (TPSA) is 6.48 Å². The smallest absolute Gasteiger partial charge is 0.252 e. The Morgan fingerprint density at radius 2 is 0.965 bits per heavy atom. The van der Waals surface area contributed by atoms with Gasteiger partial charge in [0.15, 0.2) is 0 Å². The van der Waals surface area contributed by atoms with E-state index in [1.807, 2.05) is 0 Å². The Bertz CT molecular complexity index is 2440. The fraction of sp³-hybridized carbons (Fsp3) is 0.444. The molecule has 2 aliphatic carbocycles. The van der Waals surface area contributed by atoms with Crippen LogP contribution in [0.3, 0.4) is 0 Å². The second kappa shape index (κ2) is 12.9. The van der Waals surface area contributed by atoms with E-state index in [0.29, 0.717) is 12.0 Å². The summed E-state index contributed by atoms with van der Waals surface area (Å²) in [7, 11) is 0. The minimum atomic E-state index is -0.127. The lowest BCUT2D eigenvalue weighted by Crippen LogP contribution is -2.64. The van der Waals surface area contributed by atoms with Crippen molar-refractivity contribution in [1.82, 2.24) is 0 Å². The van der Waals surface area contributed by atoms with Gasteiger partial charge in [-0.3, -0.25) is 0 Å². The lowest BCUT2D eigenvalue weighted by atomic mass is 9.32. The molecule has 2 nitrogen and oxygen atoms in total. The van der Waals surface area contributed by atoms with Crippen molar-refractivity contribution in [3.8, 4) is 0 Å². The van der Waals surface area contributed by atoms with Crippen molar-refractivity contribution in [2.24, 2.45) is 5.92 Å². The highest BCUT2D eigenvalue weighted by Crippen LogP contribution is 2.54. The van der Waals surface area contributed by atoms with Gasteiger partial charge < -0.3 is 9.80 Å². The van der Waals surface area contributed by atoms with Crippen LogP contribution in [0, 0.1) is 12.8 Å². The van der Waals surface area contributed by atoms with Crippen molar-refractivity contribution in [2.75, 3.05) is 16.3 Å². The zero-order valence-corrected chi connectivity index (χ0v) is 37.2. The molecule has 1 atom stereocenters. The van der Waals surface area contributed by atoms with Crippen LogP contribution in [0.2, 0.25) is 0 Å². The number of hydrogen-bond acceptors (Lipinski definition) is 2. The summed E-state index contributed by atoms with van der Waals surface area (Å²) in [5, 5.41) is 0. The molecular weight excluding hydrogens is 687 g/mol. The van der Waals surface area contributed by atoms with E-state index in [1.165, 1.54) is 108 Å². The molecule has 0 bridgehead atoms. The molecule has 294 valence electrons. The number of hydrogen-bond donors (Lipinski definition) is 0. The lowest BCUT2D eigenvalue weighted by molar-refractivity contribution is 0.486. The second-order valence-electron chi connectivity index (χ2n) is 20.7. The van der Waals surface area contributed by atoms with Crippen LogP contribution < -0.4 is 26.2 Å². The average molecular weight is 753 g/mol. The SMILES string of the molecule is CC[C@H](CCCC(C)C)N1c2cc3c(cc2B2c4cc5c(cc4N(CC)c4cc(C)cc1c42)C(C)(C)c1ccccc1C5(C)C)C(C)(C)c1ccccc1C3(C)C. The van der Waals surface area contributed by atoms with Crippen LogP contribution >= 0.6 is 0 Å². The minimum absolute atomic E-state index is 0.110. The van der Waals surface area contributed by atoms with Gasteiger partial charge in [-0.25, -0.2) is 0 Å². The molecule has 0 spiro atoms. The number of aryl methyl sites for hydroxylation is 1. The Morgan fingerprint density at radius 3 is 1.42 bits per heavy atom. The Hall–Kier alpha value is -4.24. The first-order valence-electron chi connectivity index (χ1n) is 22.2. The molecule has 2 heterocycles. The fourth-order valence-corrected chi connectivity index (χ4v) is 12.1. The van der Waals surface area contributed by atoms with Gasteiger partial charge in [0.25, 0.3) is 6.71 Å². The van der Waals surface area contributed by atoms with Gasteiger partial charge in [0.1, 0.15) is 0 Å². The monoisotopic (exact) mass is 753 g/mol. The first-order valence-corrected chi connectivity index (χ1v) is 22.2. The molecular formula is C54H65BN2. The van der Waals surface area contributed by atoms with Crippen molar-refractivity contribution in [2.45, 2.75) is 143 Å². The number of anilines is 4. The van der Waals surface area contributed by atoms with Crippen molar-refractivity contribution in [3.63, 3.8) is 0 Å². The Kier molecular flexibility index (Phi) is 8.65. The number of fused-ring (bicyclic) bond motifs is 8. The first-order chi connectivity index (χ1) is 27.0. The maximum Gasteiger partial charge on any atom is 0.252 e. The van der Waals surface area contributed by atoms with Gasteiger partial charge >= 0.3 is 0 Å². The van der Waals surface area contributed by atoms with Gasteiger partial charge in [-0.15, -0.1) is 0 Å². The Labute approximate surface area is 345 Å². The summed E-state index contributed by atoms with van der Waals surface area (Å²) in [5.74, 6) is 0.712. The Morgan fingerprint density at radius 1 is 0.526 bits per heavy atom. The van der Waals surface area contributed by atoms with Gasteiger partial charge in [-0.1, -0.05) is 150 Å². The summed E-state index contributed by atoms with van der Waals surface area (Å²) in [4.78, 5) is 5.52. The number of nitrogens with zero attached hydrogens (tertiary/aromatic N) is 2. The predicted molar refractivity (Wildman–Crippen MR) is 248 cm³/mol. The van der Waals surface area contributed by atoms with Crippen LogP contribution in [0.15, 0.2) is 84.9 Å². The molecule has 0 fully saturated rings. The van der Waals surface area contributed by atoms with Crippen molar-refractivity contribution >= 4 is 45.9 Å². The summed E-state index contributed by atoms with van der Waals surface area (Å²) in [6, 6.07) is 34.7. The molecule has 5 aromatic rings. The Balaban J connectivity index is 1.37. The molecule has 0 saturated heterocycles. The van der Waals surface area contributed by atoms with Crippen LogP contribution in [0.25, 0.3) is 0 Å². The average Bonchev–Trinajstić information content (AvgIpc) is 3.17. The van der Waals surface area contributed by atoms with Gasteiger partial charge in [0.2, 0.25) is 0 Å². The highest BCUT2D eigenvalue weighted by Gasteiger charge is 2.50. The fourth-order valence-electron chi connectivity index (χ4n) is 12.1. The third kappa shape index (κ3) is 5.28. The molecule has 0 saturated carbocycles. The summed E-state index contributed by atoms with van der Waals surface area (Å²) in [5.41, 5.74) is 22.7. The molecule has 0 radical (unpaired) electrons. The van der Waals surface area contributed by atoms with E-state index in [9.17, 15) is 0 Å². The molecule has 0 amide bonds. The zero-order chi connectivity index (χ0) is 40.6. The van der Waals surface area contributed by atoms with Gasteiger partial charge in [0, 0.05) is 57.0 Å². The van der Waals surface area contributed by atoms with Gasteiger partial charge in [0.05, 0.1) is 0 Å². The van der Waals surface area contributed by atoms with Crippen LogP contribution in [0.1, 0.15) is 159 Å². The van der Waals surface area contributed by atoms with E-state index in [-0.39, 0.29) is 28.4 Å². The molecule has 5 aromatic carbocycles. The molecule has 3 heteroatoms. The molecule has 9 rings (SSSR count). The third-order valence-corrected chi connectivity index (χ3v) is 15.3. The van der Waals surface area contributed by atoms with E-state index in [4.69, 9.17) is 0 Å². The normalized spacial score (nSPS) is 18.8. The van der Waals surface area contributed by atoms with Crippen LogP contribution in [-0.4, -0.2) is 19.3 Å². The highest BCUT2D eigenvalue weighted by atomic mass is 15.2. The second-order valence-corrected chi connectivity index (χ2v) is 20.7. The molecule has 0 aromatic heterocycles. The summed E-state index contributed by atoms with van der Waals surface area (Å²) in [6.45, 7) is 32.7. The molecule has 0 N–H and O–H groups in total. The minimum Gasteiger partial charge on any atom is -0.343 e. The summed E-state index contributed by atoms with van der Waals surface area (Å²) in [6.07, 6.45) is 4.83. The van der Waals surface area contributed by atoms with Crippen molar-refractivity contribution < 1.29 is 0 Å². The van der Waals surface area contributed by atoms with Crippen LogP contribution in [-0.2, 0) is 21.7 Å². The van der Waals surface area contributed by atoms with Crippen molar-refractivity contribution in [1.29, 1.82) is 0 Å². The van der Waals surface area contributed by atoms with E-state index in [0.717, 1.165) is 13.0 Å². The number of rotatable bonds is 7. The van der Waals surface area contributed by atoms with Crippen molar-refractivity contribution in [3.05, 3.63) is 135 Å².